The second-order valence-electron chi connectivity index (χ2n) is 5.97. The highest BCUT2D eigenvalue weighted by molar-refractivity contribution is 5.93. The molecular weight excluding hydrogens is 311 g/mol. The third kappa shape index (κ3) is 3.54. The van der Waals surface area contributed by atoms with Gasteiger partial charge in [-0.15, -0.1) is 0 Å². The minimum Gasteiger partial charge on any atom is -0.373 e. The molecule has 1 saturated heterocycles. The lowest BCUT2D eigenvalue weighted by atomic mass is 9.95. The van der Waals surface area contributed by atoms with Gasteiger partial charge in [-0.3, -0.25) is 9.59 Å². The van der Waals surface area contributed by atoms with Crippen LogP contribution in [-0.4, -0.2) is 23.6 Å². The number of hydrogen-bond acceptors (Lipinski definition) is 3. The molecule has 1 aromatic carbocycles. The van der Waals surface area contributed by atoms with Crippen LogP contribution in [0.15, 0.2) is 47.4 Å². The van der Waals surface area contributed by atoms with Gasteiger partial charge in [0, 0.05) is 38.4 Å². The maximum absolute atomic E-state index is 13.1. The molecule has 0 radical (unpaired) electrons. The number of rotatable bonds is 4. The van der Waals surface area contributed by atoms with Crippen LogP contribution in [0.25, 0.3) is 0 Å². The highest BCUT2D eigenvalue weighted by Crippen LogP contribution is 2.34. The number of benzene rings is 1. The van der Waals surface area contributed by atoms with Gasteiger partial charge in [0.1, 0.15) is 5.82 Å². The summed E-state index contributed by atoms with van der Waals surface area (Å²) in [6.45, 7) is 1.08. The molecule has 3 rings (SSSR count). The van der Waals surface area contributed by atoms with Crippen LogP contribution in [0.3, 0.4) is 0 Å². The van der Waals surface area contributed by atoms with Crippen molar-refractivity contribution in [3.8, 4) is 0 Å². The van der Waals surface area contributed by atoms with Crippen molar-refractivity contribution in [1.82, 2.24) is 9.88 Å². The van der Waals surface area contributed by atoms with E-state index < -0.39 is 0 Å². The Kier molecular flexibility index (Phi) is 4.76. The Morgan fingerprint density at radius 2 is 2.04 bits per heavy atom. The normalized spacial score (nSPS) is 20.1. The van der Waals surface area contributed by atoms with E-state index in [-0.39, 0.29) is 29.3 Å². The van der Waals surface area contributed by atoms with Crippen molar-refractivity contribution in [2.24, 2.45) is 13.0 Å². The number of nitrogens with one attached hydrogen (secondary N) is 1. The number of nitrogens with zero attached hydrogens (tertiary/aromatic N) is 1. The molecule has 126 valence electrons. The molecule has 1 aliphatic rings. The smallest absolute Gasteiger partial charge is 0.252 e. The lowest BCUT2D eigenvalue weighted by Crippen LogP contribution is -2.31. The van der Waals surface area contributed by atoms with Gasteiger partial charge in [0.25, 0.3) is 5.91 Å². The summed E-state index contributed by atoms with van der Waals surface area (Å²) >= 11 is 0. The third-order valence-corrected chi connectivity index (χ3v) is 4.29. The van der Waals surface area contributed by atoms with Crippen LogP contribution >= 0.6 is 0 Å². The molecule has 0 saturated carbocycles. The molecule has 2 atom stereocenters. The van der Waals surface area contributed by atoms with Gasteiger partial charge in [-0.1, -0.05) is 12.1 Å². The Morgan fingerprint density at radius 1 is 1.29 bits per heavy atom. The summed E-state index contributed by atoms with van der Waals surface area (Å²) in [5.41, 5.74) is 1.19. The van der Waals surface area contributed by atoms with Gasteiger partial charge in [-0.25, -0.2) is 4.39 Å². The molecule has 2 heterocycles. The summed E-state index contributed by atoms with van der Waals surface area (Å²) in [6.07, 6.45) is 2.20. The van der Waals surface area contributed by atoms with Crippen LogP contribution in [0.5, 0.6) is 0 Å². The molecule has 1 amide bonds. The minimum atomic E-state index is -0.281. The highest BCUT2D eigenvalue weighted by atomic mass is 19.1. The van der Waals surface area contributed by atoms with E-state index in [0.29, 0.717) is 18.7 Å². The third-order valence-electron chi connectivity index (χ3n) is 4.29. The van der Waals surface area contributed by atoms with Gasteiger partial charge < -0.3 is 14.6 Å². The number of ether oxygens (including phenoxy) is 1. The maximum Gasteiger partial charge on any atom is 0.252 e. The average molecular weight is 330 g/mol. The van der Waals surface area contributed by atoms with Crippen molar-refractivity contribution in [3.05, 3.63) is 69.9 Å². The minimum absolute atomic E-state index is 0.131. The van der Waals surface area contributed by atoms with E-state index in [0.717, 1.165) is 12.0 Å². The SMILES string of the molecule is Cn1cc(C(=O)NC[C@@H]2CCO[C@H]2c2ccc(F)cc2)ccc1=O. The van der Waals surface area contributed by atoms with Gasteiger partial charge in [0.15, 0.2) is 0 Å². The summed E-state index contributed by atoms with van der Waals surface area (Å²) in [7, 11) is 1.61. The van der Waals surface area contributed by atoms with Crippen molar-refractivity contribution < 1.29 is 13.9 Å². The zero-order chi connectivity index (χ0) is 17.1. The van der Waals surface area contributed by atoms with Gasteiger partial charge in [0.2, 0.25) is 5.56 Å². The van der Waals surface area contributed by atoms with Crippen molar-refractivity contribution >= 4 is 5.91 Å². The molecule has 1 aromatic heterocycles. The lowest BCUT2D eigenvalue weighted by molar-refractivity contribution is 0.0845. The number of hydrogen-bond donors (Lipinski definition) is 1. The predicted octanol–water partition coefficient (Wildman–Crippen LogP) is 2.03. The predicted molar refractivity (Wildman–Crippen MR) is 87.2 cm³/mol. The van der Waals surface area contributed by atoms with Crippen molar-refractivity contribution in [2.45, 2.75) is 12.5 Å². The highest BCUT2D eigenvalue weighted by Gasteiger charge is 2.30. The van der Waals surface area contributed by atoms with Crippen LogP contribution in [-0.2, 0) is 11.8 Å². The molecule has 0 spiro atoms. The summed E-state index contributed by atoms with van der Waals surface area (Å²) < 4.78 is 20.2. The summed E-state index contributed by atoms with van der Waals surface area (Å²) in [6, 6.07) is 9.14. The van der Waals surface area contributed by atoms with E-state index in [9.17, 15) is 14.0 Å². The van der Waals surface area contributed by atoms with Crippen molar-refractivity contribution in [2.75, 3.05) is 13.2 Å². The monoisotopic (exact) mass is 330 g/mol. The Bertz CT molecular complexity index is 786. The number of amides is 1. The molecule has 24 heavy (non-hydrogen) atoms. The number of aryl methyl sites for hydroxylation is 1. The summed E-state index contributed by atoms with van der Waals surface area (Å²) in [5, 5.41) is 2.89. The molecule has 1 aliphatic heterocycles. The van der Waals surface area contributed by atoms with Gasteiger partial charge in [0.05, 0.1) is 11.7 Å². The standard InChI is InChI=1S/C18H19FN2O3/c1-21-11-14(4-7-16(21)22)18(23)20-10-13-8-9-24-17(13)12-2-5-15(19)6-3-12/h2-7,11,13,17H,8-10H2,1H3,(H,20,23)/t13-,17-/m0/s1. The van der Waals surface area contributed by atoms with Gasteiger partial charge >= 0.3 is 0 Å². The summed E-state index contributed by atoms with van der Waals surface area (Å²) in [5.74, 6) is -0.376. The average Bonchev–Trinajstić information content (AvgIpc) is 3.04. The van der Waals surface area contributed by atoms with E-state index in [1.807, 2.05) is 0 Å². The van der Waals surface area contributed by atoms with Crippen molar-refractivity contribution in [1.29, 1.82) is 0 Å². The fraction of sp³-hybridized carbons (Fsp3) is 0.333. The zero-order valence-electron chi connectivity index (χ0n) is 13.4. The first kappa shape index (κ1) is 16.4. The molecule has 0 unspecified atom stereocenters. The molecule has 0 bridgehead atoms. The molecule has 6 heteroatoms. The Labute approximate surface area is 139 Å². The molecule has 5 nitrogen and oxygen atoms in total. The Hall–Kier alpha value is -2.47. The van der Waals surface area contributed by atoms with Crippen LogP contribution in [0, 0.1) is 11.7 Å². The molecule has 1 N–H and O–H groups in total. The van der Waals surface area contributed by atoms with Crippen LogP contribution in [0.4, 0.5) is 4.39 Å². The second kappa shape index (κ2) is 6.97. The molecule has 1 fully saturated rings. The quantitative estimate of drug-likeness (QED) is 0.933. The number of aromatic nitrogens is 1. The second-order valence-corrected chi connectivity index (χ2v) is 5.97. The van der Waals surface area contributed by atoms with Gasteiger partial charge in [-0.05, 0) is 30.2 Å². The number of carbonyl (C=O) groups excluding carboxylic acids is 1. The largest absolute Gasteiger partial charge is 0.373 e. The maximum atomic E-state index is 13.1. The fourth-order valence-electron chi connectivity index (χ4n) is 2.92. The molecular formula is C18H19FN2O3. The molecule has 2 aromatic rings. The van der Waals surface area contributed by atoms with Crippen molar-refractivity contribution in [3.63, 3.8) is 0 Å². The van der Waals surface area contributed by atoms with E-state index in [1.54, 1.807) is 19.2 Å². The van der Waals surface area contributed by atoms with E-state index >= 15 is 0 Å². The van der Waals surface area contributed by atoms with Crippen LogP contribution < -0.4 is 10.9 Å². The number of carbonyl (C=O) groups is 1. The first-order chi connectivity index (χ1) is 11.5. The lowest BCUT2D eigenvalue weighted by Gasteiger charge is -2.19. The van der Waals surface area contributed by atoms with Gasteiger partial charge in [-0.2, -0.15) is 0 Å². The van der Waals surface area contributed by atoms with E-state index in [4.69, 9.17) is 4.74 Å². The zero-order valence-corrected chi connectivity index (χ0v) is 13.4. The number of pyridine rings is 1. The number of halogens is 1. The van der Waals surface area contributed by atoms with E-state index in [2.05, 4.69) is 5.32 Å². The first-order valence-electron chi connectivity index (χ1n) is 7.86. The van der Waals surface area contributed by atoms with E-state index in [1.165, 1.54) is 35.0 Å². The van der Waals surface area contributed by atoms with Crippen LogP contribution in [0.1, 0.15) is 28.4 Å². The Balaban J connectivity index is 1.64. The fourth-order valence-corrected chi connectivity index (χ4v) is 2.92. The summed E-state index contributed by atoms with van der Waals surface area (Å²) in [4.78, 5) is 23.6. The molecule has 0 aliphatic carbocycles. The topological polar surface area (TPSA) is 60.3 Å². The Morgan fingerprint density at radius 3 is 2.75 bits per heavy atom. The van der Waals surface area contributed by atoms with Crippen LogP contribution in [0.2, 0.25) is 0 Å². The first-order valence-corrected chi connectivity index (χ1v) is 7.86.